The van der Waals surface area contributed by atoms with Crippen molar-refractivity contribution in [3.8, 4) is 0 Å². The SMILES string of the molecule is CCOC1=CC(c2ncc(NC(=O)Nc3ccc(CN(C)C)c(C(F)(F)F)c3)cn2)=CCC1=O. The Morgan fingerprint density at radius 1 is 1.15 bits per heavy atom. The molecule has 0 saturated heterocycles. The molecule has 3 rings (SSSR count). The summed E-state index contributed by atoms with van der Waals surface area (Å²) in [4.78, 5) is 34.1. The third kappa shape index (κ3) is 6.41. The summed E-state index contributed by atoms with van der Waals surface area (Å²) >= 11 is 0. The molecule has 34 heavy (non-hydrogen) atoms. The van der Waals surface area contributed by atoms with Crippen molar-refractivity contribution in [2.45, 2.75) is 26.1 Å². The van der Waals surface area contributed by atoms with Gasteiger partial charge in [0.05, 0.1) is 30.3 Å². The molecule has 8 nitrogen and oxygen atoms in total. The highest BCUT2D eigenvalue weighted by Gasteiger charge is 2.33. The lowest BCUT2D eigenvalue weighted by Crippen LogP contribution is -2.21. The van der Waals surface area contributed by atoms with Crippen molar-refractivity contribution in [3.63, 3.8) is 0 Å². The molecule has 0 saturated carbocycles. The third-order valence-corrected chi connectivity index (χ3v) is 4.70. The molecule has 1 aliphatic carbocycles. The highest BCUT2D eigenvalue weighted by atomic mass is 19.4. The van der Waals surface area contributed by atoms with E-state index in [9.17, 15) is 22.8 Å². The Morgan fingerprint density at radius 2 is 1.82 bits per heavy atom. The van der Waals surface area contributed by atoms with Gasteiger partial charge in [-0.3, -0.25) is 4.79 Å². The highest BCUT2D eigenvalue weighted by Crippen LogP contribution is 2.34. The summed E-state index contributed by atoms with van der Waals surface area (Å²) < 4.78 is 45.6. The molecule has 0 radical (unpaired) electrons. The van der Waals surface area contributed by atoms with E-state index in [1.807, 2.05) is 0 Å². The Kier molecular flexibility index (Phi) is 7.67. The molecule has 0 unspecified atom stereocenters. The van der Waals surface area contributed by atoms with Crippen LogP contribution in [0.1, 0.15) is 30.3 Å². The molecule has 0 fully saturated rings. The third-order valence-electron chi connectivity index (χ3n) is 4.70. The fourth-order valence-electron chi connectivity index (χ4n) is 3.25. The van der Waals surface area contributed by atoms with Gasteiger partial charge in [0.25, 0.3) is 0 Å². The number of nitrogens with zero attached hydrogens (tertiary/aromatic N) is 3. The first-order valence-electron chi connectivity index (χ1n) is 10.4. The summed E-state index contributed by atoms with van der Waals surface area (Å²) in [7, 11) is 3.34. The van der Waals surface area contributed by atoms with E-state index in [1.165, 1.54) is 24.5 Å². The lowest BCUT2D eigenvalue weighted by atomic mass is 10.0. The molecule has 1 heterocycles. The second-order valence-corrected chi connectivity index (χ2v) is 7.71. The number of aromatic nitrogens is 2. The van der Waals surface area contributed by atoms with Crippen molar-refractivity contribution in [1.29, 1.82) is 0 Å². The van der Waals surface area contributed by atoms with E-state index in [1.54, 1.807) is 38.1 Å². The Bertz CT molecular complexity index is 1130. The van der Waals surface area contributed by atoms with Crippen LogP contribution in [0.5, 0.6) is 0 Å². The number of benzene rings is 1. The number of hydrogen-bond acceptors (Lipinski definition) is 6. The van der Waals surface area contributed by atoms with Gasteiger partial charge >= 0.3 is 12.2 Å². The van der Waals surface area contributed by atoms with Gasteiger partial charge in [-0.25, -0.2) is 14.8 Å². The summed E-state index contributed by atoms with van der Waals surface area (Å²) in [6.07, 6.45) is 1.56. The van der Waals surface area contributed by atoms with Crippen molar-refractivity contribution in [1.82, 2.24) is 14.9 Å². The Balaban J connectivity index is 1.68. The summed E-state index contributed by atoms with van der Waals surface area (Å²) in [5.74, 6) is 0.436. The lowest BCUT2D eigenvalue weighted by molar-refractivity contribution is -0.138. The minimum atomic E-state index is -4.56. The largest absolute Gasteiger partial charge is 0.490 e. The van der Waals surface area contributed by atoms with Gasteiger partial charge in [0.1, 0.15) is 0 Å². The van der Waals surface area contributed by atoms with Gasteiger partial charge in [0.15, 0.2) is 11.6 Å². The number of rotatable bonds is 7. The van der Waals surface area contributed by atoms with Crippen LogP contribution in [0.4, 0.5) is 29.3 Å². The number of alkyl halides is 3. The number of urea groups is 1. The van der Waals surface area contributed by atoms with Gasteiger partial charge in [-0.1, -0.05) is 12.1 Å². The molecule has 0 spiro atoms. The summed E-state index contributed by atoms with van der Waals surface area (Å²) in [6.45, 7) is 2.24. The van der Waals surface area contributed by atoms with Crippen molar-refractivity contribution >= 4 is 28.8 Å². The van der Waals surface area contributed by atoms with Crippen LogP contribution in [0.15, 0.2) is 48.5 Å². The van der Waals surface area contributed by atoms with Crippen molar-refractivity contribution in [2.75, 3.05) is 31.3 Å². The first-order chi connectivity index (χ1) is 16.1. The van der Waals surface area contributed by atoms with Crippen LogP contribution < -0.4 is 10.6 Å². The van der Waals surface area contributed by atoms with Crippen LogP contribution in [0, 0.1) is 0 Å². The van der Waals surface area contributed by atoms with Gasteiger partial charge in [-0.15, -0.1) is 0 Å². The zero-order chi connectivity index (χ0) is 24.9. The standard InChI is InChI=1S/C23H24F3N5O3/c1-4-34-20-9-14(6-8-19(20)32)21-27-11-17(12-28-21)30-22(33)29-16-7-5-15(13-31(2)3)18(10-16)23(24,25)26/h5-7,9-12H,4,8,13H2,1-3H3,(H2,29,30,33). The smallest absolute Gasteiger partial charge is 0.416 e. The van der Waals surface area contributed by atoms with Gasteiger partial charge in [-0.05, 0) is 44.8 Å². The molecule has 0 aliphatic heterocycles. The zero-order valence-corrected chi connectivity index (χ0v) is 18.9. The van der Waals surface area contributed by atoms with Gasteiger partial charge in [0.2, 0.25) is 5.78 Å². The highest BCUT2D eigenvalue weighted by molar-refractivity contribution is 6.01. The first kappa shape index (κ1) is 24.9. The van der Waals surface area contributed by atoms with Crippen molar-refractivity contribution in [3.05, 3.63) is 65.5 Å². The molecule has 2 amide bonds. The minimum Gasteiger partial charge on any atom is -0.490 e. The second-order valence-electron chi connectivity index (χ2n) is 7.71. The average Bonchev–Trinajstić information content (AvgIpc) is 2.76. The molecular formula is C23H24F3N5O3. The predicted octanol–water partition coefficient (Wildman–Crippen LogP) is 4.48. The van der Waals surface area contributed by atoms with Crippen LogP contribution in [0.2, 0.25) is 0 Å². The van der Waals surface area contributed by atoms with Crippen LogP contribution in [-0.4, -0.2) is 47.4 Å². The van der Waals surface area contributed by atoms with Crippen molar-refractivity contribution in [2.24, 2.45) is 0 Å². The number of ether oxygens (including phenoxy) is 1. The fourth-order valence-corrected chi connectivity index (χ4v) is 3.25. The number of carbonyl (C=O) groups excluding carboxylic acids is 2. The molecule has 0 bridgehead atoms. The normalized spacial score (nSPS) is 13.9. The number of ketones is 1. The average molecular weight is 475 g/mol. The topological polar surface area (TPSA) is 96.4 Å². The Labute approximate surface area is 194 Å². The molecule has 0 atom stereocenters. The number of anilines is 2. The van der Waals surface area contributed by atoms with Gasteiger partial charge < -0.3 is 20.3 Å². The fraction of sp³-hybridized carbons (Fsp3) is 0.304. The predicted molar refractivity (Wildman–Crippen MR) is 121 cm³/mol. The van der Waals surface area contributed by atoms with E-state index >= 15 is 0 Å². The first-order valence-corrected chi connectivity index (χ1v) is 10.4. The maximum atomic E-state index is 13.4. The number of allylic oxidation sites excluding steroid dienone is 4. The monoisotopic (exact) mass is 475 g/mol. The molecule has 1 aromatic heterocycles. The number of amides is 2. The van der Waals surface area contributed by atoms with E-state index in [0.29, 0.717) is 18.0 Å². The van der Waals surface area contributed by atoms with E-state index < -0.39 is 17.8 Å². The van der Waals surface area contributed by atoms with Gasteiger partial charge in [-0.2, -0.15) is 13.2 Å². The number of nitrogens with one attached hydrogen (secondary N) is 2. The molecule has 2 N–H and O–H groups in total. The van der Waals surface area contributed by atoms with Crippen molar-refractivity contribution < 1.29 is 27.5 Å². The summed E-state index contributed by atoms with van der Waals surface area (Å²) in [6, 6.07) is 2.90. The van der Waals surface area contributed by atoms with E-state index in [0.717, 1.165) is 6.07 Å². The number of halogens is 3. The summed E-state index contributed by atoms with van der Waals surface area (Å²) in [5, 5.41) is 4.88. The number of Topliss-reactive ketones (excluding diaryl/α,β-unsaturated/α-hetero) is 1. The Morgan fingerprint density at radius 3 is 2.44 bits per heavy atom. The molecule has 1 aliphatic rings. The van der Waals surface area contributed by atoms with Crippen LogP contribution in [0.3, 0.4) is 0 Å². The molecule has 180 valence electrons. The van der Waals surface area contributed by atoms with E-state index in [-0.39, 0.29) is 41.4 Å². The number of hydrogen-bond donors (Lipinski definition) is 2. The number of carbonyl (C=O) groups is 2. The lowest BCUT2D eigenvalue weighted by Gasteiger charge is -2.18. The van der Waals surface area contributed by atoms with E-state index in [4.69, 9.17) is 4.74 Å². The second kappa shape index (κ2) is 10.5. The maximum absolute atomic E-state index is 13.4. The quantitative estimate of drug-likeness (QED) is 0.613. The molecule has 11 heteroatoms. The van der Waals surface area contributed by atoms with Crippen LogP contribution in [0.25, 0.3) is 5.57 Å². The molecular weight excluding hydrogens is 451 g/mol. The van der Waals surface area contributed by atoms with Gasteiger partial charge in [0, 0.05) is 24.2 Å². The summed E-state index contributed by atoms with van der Waals surface area (Å²) in [5.41, 5.74) is 0.133. The minimum absolute atomic E-state index is 0.00418. The van der Waals surface area contributed by atoms with Crippen LogP contribution in [-0.2, 0) is 22.3 Å². The van der Waals surface area contributed by atoms with Crippen LogP contribution >= 0.6 is 0 Å². The Hall–Kier alpha value is -3.73. The van der Waals surface area contributed by atoms with E-state index in [2.05, 4.69) is 20.6 Å². The zero-order valence-electron chi connectivity index (χ0n) is 18.9. The maximum Gasteiger partial charge on any atom is 0.416 e. The molecule has 1 aromatic carbocycles. The molecule has 2 aromatic rings.